The van der Waals surface area contributed by atoms with Gasteiger partial charge in [-0.25, -0.2) is 0 Å². The molecule has 0 amide bonds. The summed E-state index contributed by atoms with van der Waals surface area (Å²) < 4.78 is 10.1. The fourth-order valence-corrected chi connectivity index (χ4v) is 1.45. The van der Waals surface area contributed by atoms with Crippen molar-refractivity contribution < 1.29 is 19.1 Å². The Balaban J connectivity index is 2.47. The number of esters is 1. The predicted molar refractivity (Wildman–Crippen MR) is 67.7 cm³/mol. The van der Waals surface area contributed by atoms with Crippen LogP contribution in [0.15, 0.2) is 18.2 Å². The van der Waals surface area contributed by atoms with Crippen molar-refractivity contribution in [1.29, 1.82) is 0 Å². The van der Waals surface area contributed by atoms with E-state index in [2.05, 4.69) is 0 Å². The molecule has 0 fully saturated rings. The van der Waals surface area contributed by atoms with Gasteiger partial charge in [-0.05, 0) is 38.0 Å². The van der Waals surface area contributed by atoms with Gasteiger partial charge in [-0.15, -0.1) is 0 Å². The minimum Gasteiger partial charge on any atom is -0.486 e. The third-order valence-corrected chi connectivity index (χ3v) is 2.38. The monoisotopic (exact) mass is 250 g/mol. The summed E-state index contributed by atoms with van der Waals surface area (Å²) in [7, 11) is 0. The van der Waals surface area contributed by atoms with Crippen molar-refractivity contribution in [3.63, 3.8) is 0 Å². The second-order valence-electron chi connectivity index (χ2n) is 4.08. The third-order valence-electron chi connectivity index (χ3n) is 2.38. The molecule has 4 nitrogen and oxygen atoms in total. The standard InChI is InChI=1S/C14H18O4/c1-4-17-14(16)8-12(15)9-18-13-7-10(2)5-6-11(13)3/h5-7H,4,8-9H2,1-3H3. The van der Waals surface area contributed by atoms with Crippen LogP contribution in [-0.4, -0.2) is 25.0 Å². The number of ether oxygens (including phenoxy) is 2. The zero-order chi connectivity index (χ0) is 13.5. The van der Waals surface area contributed by atoms with E-state index in [-0.39, 0.29) is 25.4 Å². The number of carbonyl (C=O) groups is 2. The first-order chi connectivity index (χ1) is 8.52. The van der Waals surface area contributed by atoms with E-state index in [1.807, 2.05) is 32.0 Å². The quantitative estimate of drug-likeness (QED) is 0.573. The molecule has 1 aromatic rings. The minimum atomic E-state index is -0.507. The fraction of sp³-hybridized carbons (Fsp3) is 0.429. The average molecular weight is 250 g/mol. The molecule has 0 radical (unpaired) electrons. The van der Waals surface area contributed by atoms with Gasteiger partial charge in [-0.3, -0.25) is 9.59 Å². The Labute approximate surface area is 107 Å². The number of aryl methyl sites for hydroxylation is 2. The maximum absolute atomic E-state index is 11.5. The van der Waals surface area contributed by atoms with Gasteiger partial charge >= 0.3 is 5.97 Å². The van der Waals surface area contributed by atoms with Crippen LogP contribution in [0.3, 0.4) is 0 Å². The summed E-state index contributed by atoms with van der Waals surface area (Å²) in [4.78, 5) is 22.6. The smallest absolute Gasteiger partial charge is 0.313 e. The Morgan fingerprint density at radius 2 is 1.94 bits per heavy atom. The summed E-state index contributed by atoms with van der Waals surface area (Å²) >= 11 is 0. The SMILES string of the molecule is CCOC(=O)CC(=O)COc1cc(C)ccc1C. The number of rotatable bonds is 6. The molecule has 0 spiro atoms. The summed E-state index contributed by atoms with van der Waals surface area (Å²) in [5, 5.41) is 0. The first-order valence-electron chi connectivity index (χ1n) is 5.90. The Morgan fingerprint density at radius 3 is 2.61 bits per heavy atom. The molecule has 1 aromatic carbocycles. The van der Waals surface area contributed by atoms with Crippen LogP contribution in [0.25, 0.3) is 0 Å². The molecule has 4 heteroatoms. The van der Waals surface area contributed by atoms with Crippen LogP contribution < -0.4 is 4.74 Å². The van der Waals surface area contributed by atoms with Gasteiger partial charge in [0.1, 0.15) is 18.8 Å². The maximum atomic E-state index is 11.5. The molecule has 18 heavy (non-hydrogen) atoms. The van der Waals surface area contributed by atoms with E-state index >= 15 is 0 Å². The molecule has 0 unspecified atom stereocenters. The number of Topliss-reactive ketones (excluding diaryl/α,β-unsaturated/α-hetero) is 1. The lowest BCUT2D eigenvalue weighted by Gasteiger charge is -2.09. The lowest BCUT2D eigenvalue weighted by Crippen LogP contribution is -2.17. The molecular formula is C14H18O4. The summed E-state index contributed by atoms with van der Waals surface area (Å²) in [6.45, 7) is 5.74. The molecule has 0 N–H and O–H groups in total. The van der Waals surface area contributed by atoms with E-state index in [1.54, 1.807) is 6.92 Å². The minimum absolute atomic E-state index is 0.108. The number of benzene rings is 1. The van der Waals surface area contributed by atoms with Crippen molar-refractivity contribution in [2.45, 2.75) is 27.2 Å². The highest BCUT2D eigenvalue weighted by Gasteiger charge is 2.11. The van der Waals surface area contributed by atoms with E-state index in [0.717, 1.165) is 11.1 Å². The van der Waals surface area contributed by atoms with Gasteiger partial charge in [0.2, 0.25) is 0 Å². The largest absolute Gasteiger partial charge is 0.486 e. The van der Waals surface area contributed by atoms with Gasteiger partial charge in [0.15, 0.2) is 5.78 Å². The van der Waals surface area contributed by atoms with Gasteiger partial charge in [0.25, 0.3) is 0 Å². The van der Waals surface area contributed by atoms with Gasteiger partial charge in [0.05, 0.1) is 6.61 Å². The third kappa shape index (κ3) is 4.57. The lowest BCUT2D eigenvalue weighted by atomic mass is 10.1. The van der Waals surface area contributed by atoms with Crippen molar-refractivity contribution in [2.24, 2.45) is 0 Å². The van der Waals surface area contributed by atoms with Crippen LogP contribution in [0, 0.1) is 13.8 Å². The Morgan fingerprint density at radius 1 is 1.22 bits per heavy atom. The molecule has 0 heterocycles. The van der Waals surface area contributed by atoms with Gasteiger partial charge in [-0.1, -0.05) is 12.1 Å². The van der Waals surface area contributed by atoms with Crippen LogP contribution in [-0.2, 0) is 14.3 Å². The normalized spacial score (nSPS) is 9.94. The molecule has 0 atom stereocenters. The maximum Gasteiger partial charge on any atom is 0.313 e. The van der Waals surface area contributed by atoms with Gasteiger partial charge in [0, 0.05) is 0 Å². The highest BCUT2D eigenvalue weighted by atomic mass is 16.5. The summed E-state index contributed by atoms with van der Waals surface area (Å²) in [6, 6.07) is 5.77. The second kappa shape index (κ2) is 6.79. The number of ketones is 1. The highest BCUT2D eigenvalue weighted by molar-refractivity contribution is 5.96. The van der Waals surface area contributed by atoms with Crippen molar-refractivity contribution >= 4 is 11.8 Å². The first kappa shape index (κ1) is 14.2. The first-order valence-corrected chi connectivity index (χ1v) is 5.90. The fourth-order valence-electron chi connectivity index (χ4n) is 1.45. The molecule has 0 aliphatic carbocycles. The van der Waals surface area contributed by atoms with Gasteiger partial charge in [-0.2, -0.15) is 0 Å². The van der Waals surface area contributed by atoms with Crippen LogP contribution in [0.1, 0.15) is 24.5 Å². The highest BCUT2D eigenvalue weighted by Crippen LogP contribution is 2.18. The Bertz CT molecular complexity index is 437. The number of hydrogen-bond donors (Lipinski definition) is 0. The number of carbonyl (C=O) groups excluding carboxylic acids is 2. The van der Waals surface area contributed by atoms with Crippen LogP contribution in [0.4, 0.5) is 0 Å². The van der Waals surface area contributed by atoms with E-state index in [4.69, 9.17) is 9.47 Å². The van der Waals surface area contributed by atoms with Crippen molar-refractivity contribution in [1.82, 2.24) is 0 Å². The zero-order valence-electron chi connectivity index (χ0n) is 11.0. The van der Waals surface area contributed by atoms with Gasteiger partial charge < -0.3 is 9.47 Å². The Hall–Kier alpha value is -1.84. The van der Waals surface area contributed by atoms with Crippen LogP contribution in [0.2, 0.25) is 0 Å². The zero-order valence-corrected chi connectivity index (χ0v) is 11.0. The molecule has 0 bridgehead atoms. The van der Waals surface area contributed by atoms with E-state index < -0.39 is 5.97 Å². The van der Waals surface area contributed by atoms with Crippen molar-refractivity contribution in [3.05, 3.63) is 29.3 Å². The predicted octanol–water partition coefficient (Wildman–Crippen LogP) is 2.20. The summed E-state index contributed by atoms with van der Waals surface area (Å²) in [5.74, 6) is -0.117. The molecule has 1 rings (SSSR count). The van der Waals surface area contributed by atoms with E-state index in [1.165, 1.54) is 0 Å². The average Bonchev–Trinajstić information content (AvgIpc) is 2.30. The molecule has 0 saturated heterocycles. The topological polar surface area (TPSA) is 52.6 Å². The molecular weight excluding hydrogens is 232 g/mol. The molecule has 0 aromatic heterocycles. The van der Waals surface area contributed by atoms with Crippen molar-refractivity contribution in [2.75, 3.05) is 13.2 Å². The second-order valence-corrected chi connectivity index (χ2v) is 4.08. The van der Waals surface area contributed by atoms with Crippen molar-refractivity contribution in [3.8, 4) is 5.75 Å². The molecule has 0 aliphatic rings. The lowest BCUT2D eigenvalue weighted by molar-refractivity contribution is -0.145. The summed E-state index contributed by atoms with van der Waals surface area (Å²) in [5.41, 5.74) is 2.03. The number of hydrogen-bond acceptors (Lipinski definition) is 4. The molecule has 98 valence electrons. The van der Waals surface area contributed by atoms with E-state index in [9.17, 15) is 9.59 Å². The molecule has 0 saturated carbocycles. The summed E-state index contributed by atoms with van der Waals surface area (Å²) in [6.07, 6.45) is -0.237. The van der Waals surface area contributed by atoms with Crippen LogP contribution >= 0.6 is 0 Å². The van der Waals surface area contributed by atoms with Crippen LogP contribution in [0.5, 0.6) is 5.75 Å². The van der Waals surface area contributed by atoms with E-state index in [0.29, 0.717) is 5.75 Å². The molecule has 0 aliphatic heterocycles. The Kier molecular flexibility index (Phi) is 5.36.